The second-order valence-corrected chi connectivity index (χ2v) is 7.14. The van der Waals surface area contributed by atoms with Gasteiger partial charge in [-0.1, -0.05) is 41.5 Å². The Morgan fingerprint density at radius 3 is 2.29 bits per heavy atom. The molecule has 4 atom stereocenters. The first-order chi connectivity index (χ1) is 11.5. The second-order valence-electron chi connectivity index (χ2n) is 7.14. The molecule has 2 fully saturated rings. The summed E-state index contributed by atoms with van der Waals surface area (Å²) in [7, 11) is 0. The molecule has 2 saturated carbocycles. The van der Waals surface area contributed by atoms with Crippen LogP contribution in [0, 0.1) is 23.7 Å². The summed E-state index contributed by atoms with van der Waals surface area (Å²) in [6, 6.07) is 9.95. The molecule has 2 bridgehead atoms. The zero-order valence-corrected chi connectivity index (χ0v) is 14.2. The van der Waals surface area contributed by atoms with Gasteiger partial charge in [0.05, 0.1) is 5.92 Å². The Bertz CT molecular complexity index is 661. The first kappa shape index (κ1) is 16.7. The fourth-order valence-electron chi connectivity index (χ4n) is 4.68. The van der Waals surface area contributed by atoms with Crippen molar-refractivity contribution in [3.05, 3.63) is 47.0 Å². The fourth-order valence-corrected chi connectivity index (χ4v) is 4.68. The number of aliphatic carboxylic acids is 1. The van der Waals surface area contributed by atoms with Crippen molar-refractivity contribution in [3.63, 3.8) is 0 Å². The van der Waals surface area contributed by atoms with E-state index >= 15 is 0 Å². The van der Waals surface area contributed by atoms with E-state index in [1.807, 2.05) is 44.2 Å². The van der Waals surface area contributed by atoms with Crippen molar-refractivity contribution in [2.24, 2.45) is 23.7 Å². The van der Waals surface area contributed by atoms with E-state index in [1.54, 1.807) is 0 Å². The SMILES string of the molecule is CC(C)=C1C2CCC1C(C(=O)NCCc1ccccc1)C2C(=O)[O-]. The van der Waals surface area contributed by atoms with E-state index < -0.39 is 17.8 Å². The summed E-state index contributed by atoms with van der Waals surface area (Å²) in [5.41, 5.74) is 3.51. The van der Waals surface area contributed by atoms with Crippen LogP contribution in [0.4, 0.5) is 0 Å². The molecule has 2 aliphatic carbocycles. The van der Waals surface area contributed by atoms with Gasteiger partial charge in [-0.05, 0) is 50.5 Å². The Morgan fingerprint density at radius 2 is 1.71 bits per heavy atom. The molecule has 3 rings (SSSR count). The lowest BCUT2D eigenvalue weighted by Gasteiger charge is -2.30. The highest BCUT2D eigenvalue weighted by Crippen LogP contribution is 2.56. The molecule has 4 heteroatoms. The quantitative estimate of drug-likeness (QED) is 0.838. The number of benzene rings is 1. The molecular formula is C20H24NO3-. The number of rotatable bonds is 5. The van der Waals surface area contributed by atoms with E-state index in [0.29, 0.717) is 6.54 Å². The van der Waals surface area contributed by atoms with Gasteiger partial charge in [0, 0.05) is 18.4 Å². The van der Waals surface area contributed by atoms with Crippen LogP contribution in [0.2, 0.25) is 0 Å². The average Bonchev–Trinajstić information content (AvgIpc) is 3.11. The number of carboxylic acids is 1. The highest BCUT2D eigenvalue weighted by Gasteiger charge is 2.54. The number of carbonyl (C=O) groups is 2. The predicted molar refractivity (Wildman–Crippen MR) is 89.7 cm³/mol. The van der Waals surface area contributed by atoms with Crippen LogP contribution in [0.3, 0.4) is 0 Å². The number of allylic oxidation sites excluding steroid dienone is 2. The van der Waals surface area contributed by atoms with Gasteiger partial charge >= 0.3 is 0 Å². The molecule has 1 amide bonds. The van der Waals surface area contributed by atoms with E-state index in [1.165, 1.54) is 5.57 Å². The summed E-state index contributed by atoms with van der Waals surface area (Å²) in [5.74, 6) is -2.32. The molecule has 2 aliphatic rings. The minimum atomic E-state index is -1.08. The third kappa shape index (κ3) is 2.97. The molecule has 128 valence electrons. The van der Waals surface area contributed by atoms with Gasteiger partial charge in [-0.15, -0.1) is 0 Å². The lowest BCUT2D eigenvalue weighted by Crippen LogP contribution is -2.46. The Labute approximate surface area is 143 Å². The molecule has 0 aromatic heterocycles. The largest absolute Gasteiger partial charge is 0.550 e. The zero-order chi connectivity index (χ0) is 17.3. The van der Waals surface area contributed by atoms with Gasteiger partial charge in [0.1, 0.15) is 0 Å². The van der Waals surface area contributed by atoms with Gasteiger partial charge < -0.3 is 15.2 Å². The maximum absolute atomic E-state index is 12.7. The van der Waals surface area contributed by atoms with E-state index in [2.05, 4.69) is 5.32 Å². The number of hydrogen-bond donors (Lipinski definition) is 1. The van der Waals surface area contributed by atoms with Crippen molar-refractivity contribution >= 4 is 11.9 Å². The van der Waals surface area contributed by atoms with Crippen LogP contribution in [0.15, 0.2) is 41.5 Å². The Hall–Kier alpha value is -2.10. The molecule has 1 aromatic carbocycles. The number of carbonyl (C=O) groups excluding carboxylic acids is 2. The Kier molecular flexibility index (Phi) is 4.74. The van der Waals surface area contributed by atoms with Crippen molar-refractivity contribution in [2.45, 2.75) is 33.1 Å². The van der Waals surface area contributed by atoms with Crippen LogP contribution in [0.5, 0.6) is 0 Å². The summed E-state index contributed by atoms with van der Waals surface area (Å²) >= 11 is 0. The van der Waals surface area contributed by atoms with Crippen molar-refractivity contribution in [2.75, 3.05) is 6.54 Å². The predicted octanol–water partition coefficient (Wildman–Crippen LogP) is 1.70. The maximum Gasteiger partial charge on any atom is 0.224 e. The number of nitrogens with one attached hydrogen (secondary N) is 1. The van der Waals surface area contributed by atoms with Gasteiger partial charge in [0.25, 0.3) is 0 Å². The van der Waals surface area contributed by atoms with Crippen molar-refractivity contribution < 1.29 is 14.7 Å². The van der Waals surface area contributed by atoms with E-state index in [4.69, 9.17) is 0 Å². The molecule has 1 N–H and O–H groups in total. The smallest absolute Gasteiger partial charge is 0.224 e. The molecule has 4 nitrogen and oxygen atoms in total. The van der Waals surface area contributed by atoms with Crippen molar-refractivity contribution in [3.8, 4) is 0 Å². The minimum Gasteiger partial charge on any atom is -0.550 e. The highest BCUT2D eigenvalue weighted by atomic mass is 16.4. The van der Waals surface area contributed by atoms with Gasteiger partial charge in [-0.2, -0.15) is 0 Å². The topological polar surface area (TPSA) is 69.2 Å². The lowest BCUT2D eigenvalue weighted by atomic mass is 9.78. The summed E-state index contributed by atoms with van der Waals surface area (Å²) in [6.07, 6.45) is 2.52. The fraction of sp³-hybridized carbons (Fsp3) is 0.500. The summed E-state index contributed by atoms with van der Waals surface area (Å²) in [5, 5.41) is 14.6. The Balaban J connectivity index is 1.69. The lowest BCUT2D eigenvalue weighted by molar-refractivity contribution is -0.314. The average molecular weight is 326 g/mol. The molecular weight excluding hydrogens is 302 g/mol. The summed E-state index contributed by atoms with van der Waals surface area (Å²) in [4.78, 5) is 24.3. The van der Waals surface area contributed by atoms with Gasteiger partial charge in [0.15, 0.2) is 0 Å². The highest BCUT2D eigenvalue weighted by molar-refractivity contribution is 5.87. The third-order valence-electron chi connectivity index (χ3n) is 5.55. The normalized spacial score (nSPS) is 28.0. The van der Waals surface area contributed by atoms with E-state index in [0.717, 1.165) is 30.4 Å². The third-order valence-corrected chi connectivity index (χ3v) is 5.55. The van der Waals surface area contributed by atoms with Gasteiger partial charge in [-0.3, -0.25) is 4.79 Å². The van der Waals surface area contributed by atoms with Gasteiger partial charge in [-0.25, -0.2) is 0 Å². The molecule has 0 radical (unpaired) electrons. The van der Waals surface area contributed by atoms with Crippen LogP contribution in [-0.4, -0.2) is 18.4 Å². The molecule has 0 heterocycles. The maximum atomic E-state index is 12.7. The number of hydrogen-bond acceptors (Lipinski definition) is 3. The minimum absolute atomic E-state index is 0.0186. The molecule has 0 aliphatic heterocycles. The van der Waals surface area contributed by atoms with Gasteiger partial charge in [0.2, 0.25) is 5.91 Å². The van der Waals surface area contributed by atoms with Crippen LogP contribution in [-0.2, 0) is 16.0 Å². The van der Waals surface area contributed by atoms with Crippen molar-refractivity contribution in [1.82, 2.24) is 5.32 Å². The number of amides is 1. The number of fused-ring (bicyclic) bond motifs is 2. The molecule has 0 spiro atoms. The second kappa shape index (κ2) is 6.80. The standard InChI is InChI=1S/C20H25NO3/c1-12(2)16-14-8-9-15(16)18(20(23)24)17(14)19(22)21-11-10-13-6-4-3-5-7-13/h3-7,14-15,17-18H,8-11H2,1-2H3,(H,21,22)(H,23,24)/p-1. The van der Waals surface area contributed by atoms with E-state index in [-0.39, 0.29) is 17.7 Å². The first-order valence-corrected chi connectivity index (χ1v) is 8.70. The summed E-state index contributed by atoms with van der Waals surface area (Å²) < 4.78 is 0. The first-order valence-electron chi connectivity index (χ1n) is 8.70. The molecule has 0 saturated heterocycles. The zero-order valence-electron chi connectivity index (χ0n) is 14.2. The Morgan fingerprint density at radius 1 is 1.08 bits per heavy atom. The monoisotopic (exact) mass is 326 g/mol. The van der Waals surface area contributed by atoms with Crippen LogP contribution in [0.1, 0.15) is 32.3 Å². The van der Waals surface area contributed by atoms with Crippen LogP contribution < -0.4 is 10.4 Å². The summed E-state index contributed by atoms with van der Waals surface area (Å²) in [6.45, 7) is 4.56. The molecule has 1 aromatic rings. The van der Waals surface area contributed by atoms with Crippen LogP contribution >= 0.6 is 0 Å². The van der Waals surface area contributed by atoms with Crippen LogP contribution in [0.25, 0.3) is 0 Å². The van der Waals surface area contributed by atoms with E-state index in [9.17, 15) is 14.7 Å². The molecule has 4 unspecified atom stereocenters. The molecule has 24 heavy (non-hydrogen) atoms. The van der Waals surface area contributed by atoms with Crippen molar-refractivity contribution in [1.29, 1.82) is 0 Å². The number of carboxylic acid groups (broad SMARTS) is 1.